The molecule has 1 aromatic heterocycles. The first-order valence-electron chi connectivity index (χ1n) is 6.40. The van der Waals surface area contributed by atoms with E-state index in [2.05, 4.69) is 4.72 Å². The quantitative estimate of drug-likeness (QED) is 0.886. The molecule has 0 spiro atoms. The summed E-state index contributed by atoms with van der Waals surface area (Å²) in [6, 6.07) is 5.98. The fourth-order valence-electron chi connectivity index (χ4n) is 2.01. The van der Waals surface area contributed by atoms with E-state index < -0.39 is 15.8 Å². The highest BCUT2D eigenvalue weighted by Gasteiger charge is 2.21. The van der Waals surface area contributed by atoms with Crippen molar-refractivity contribution < 1.29 is 12.8 Å². The van der Waals surface area contributed by atoms with Crippen LogP contribution in [0, 0.1) is 12.7 Å². The lowest BCUT2D eigenvalue weighted by molar-refractivity contribution is 0.566. The second-order valence-corrected chi connectivity index (χ2v) is 7.47. The molecule has 1 unspecified atom stereocenters. The van der Waals surface area contributed by atoms with Gasteiger partial charge in [0.15, 0.2) is 0 Å². The molecule has 1 heterocycles. The van der Waals surface area contributed by atoms with E-state index in [0.717, 1.165) is 4.88 Å². The fraction of sp³-hybridized carbons (Fsp3) is 0.286. The number of benzene rings is 1. The van der Waals surface area contributed by atoms with Gasteiger partial charge in [0.1, 0.15) is 5.82 Å². The van der Waals surface area contributed by atoms with Crippen molar-refractivity contribution in [3.05, 3.63) is 51.5 Å². The average Bonchev–Trinajstić information content (AvgIpc) is 2.95. The molecule has 0 aliphatic carbocycles. The molecule has 0 bridgehead atoms. The summed E-state index contributed by atoms with van der Waals surface area (Å²) in [6.07, 6.45) is 0. The van der Waals surface area contributed by atoms with Crippen molar-refractivity contribution in [1.82, 2.24) is 4.72 Å². The Morgan fingerprint density at radius 2 is 2.14 bits per heavy atom. The number of nitrogens with one attached hydrogen (secondary N) is 1. The fourth-order valence-corrected chi connectivity index (χ4v) is 4.17. The van der Waals surface area contributed by atoms with Crippen molar-refractivity contribution >= 4 is 21.4 Å². The molecular weight excluding hydrogens is 311 g/mol. The Morgan fingerprint density at radius 3 is 2.71 bits per heavy atom. The van der Waals surface area contributed by atoms with Gasteiger partial charge in [-0.3, -0.25) is 0 Å². The smallest absolute Gasteiger partial charge is 0.241 e. The second kappa shape index (κ2) is 6.23. The van der Waals surface area contributed by atoms with Crippen molar-refractivity contribution in [2.45, 2.75) is 31.3 Å². The molecule has 2 aromatic rings. The van der Waals surface area contributed by atoms with Gasteiger partial charge in [0.2, 0.25) is 10.0 Å². The SMILES string of the molecule is Cc1cc(S(=O)(=O)NC(C)c2cccs2)cc(CN)c1F. The van der Waals surface area contributed by atoms with Gasteiger partial charge >= 0.3 is 0 Å². The van der Waals surface area contributed by atoms with Crippen LogP contribution in [0.1, 0.15) is 29.0 Å². The summed E-state index contributed by atoms with van der Waals surface area (Å²) in [5.41, 5.74) is 5.92. The zero-order valence-electron chi connectivity index (χ0n) is 11.8. The first-order valence-corrected chi connectivity index (χ1v) is 8.76. The number of sulfonamides is 1. The third-order valence-electron chi connectivity index (χ3n) is 3.14. The number of hydrogen-bond donors (Lipinski definition) is 2. The molecule has 0 saturated carbocycles. The standard InChI is InChI=1S/C14H17FN2O2S2/c1-9-6-12(7-11(8-16)14(9)15)21(18,19)17-10(2)13-4-3-5-20-13/h3-7,10,17H,8,16H2,1-2H3. The van der Waals surface area contributed by atoms with Gasteiger partial charge in [0.25, 0.3) is 0 Å². The molecule has 21 heavy (non-hydrogen) atoms. The minimum atomic E-state index is -3.72. The molecule has 2 rings (SSSR count). The molecule has 7 heteroatoms. The third kappa shape index (κ3) is 3.49. The lowest BCUT2D eigenvalue weighted by Crippen LogP contribution is -2.26. The lowest BCUT2D eigenvalue weighted by atomic mass is 10.1. The van der Waals surface area contributed by atoms with Crippen LogP contribution in [-0.4, -0.2) is 8.42 Å². The predicted octanol–water partition coefficient (Wildman–Crippen LogP) is 2.69. The Hall–Kier alpha value is -1.28. The summed E-state index contributed by atoms with van der Waals surface area (Å²) in [5, 5.41) is 1.88. The van der Waals surface area contributed by atoms with Crippen LogP contribution in [0.2, 0.25) is 0 Å². The molecule has 4 nitrogen and oxygen atoms in total. The van der Waals surface area contributed by atoms with Crippen LogP contribution < -0.4 is 10.5 Å². The number of aryl methyl sites for hydroxylation is 1. The Morgan fingerprint density at radius 1 is 1.43 bits per heavy atom. The third-order valence-corrected chi connectivity index (χ3v) is 5.71. The maximum Gasteiger partial charge on any atom is 0.241 e. The van der Waals surface area contributed by atoms with Gasteiger partial charge in [-0.1, -0.05) is 6.07 Å². The van der Waals surface area contributed by atoms with Crippen LogP contribution in [0.15, 0.2) is 34.5 Å². The van der Waals surface area contributed by atoms with Crippen LogP contribution in [0.4, 0.5) is 4.39 Å². The predicted molar refractivity (Wildman–Crippen MR) is 82.1 cm³/mol. The van der Waals surface area contributed by atoms with E-state index >= 15 is 0 Å². The molecule has 0 aliphatic rings. The molecule has 114 valence electrons. The Balaban J connectivity index is 2.34. The van der Waals surface area contributed by atoms with Crippen molar-refractivity contribution in [3.8, 4) is 0 Å². The van der Waals surface area contributed by atoms with Gasteiger partial charge < -0.3 is 5.73 Å². The topological polar surface area (TPSA) is 72.2 Å². The molecule has 1 atom stereocenters. The molecule has 0 saturated heterocycles. The average molecular weight is 328 g/mol. The molecular formula is C14H17FN2O2S2. The van der Waals surface area contributed by atoms with Gasteiger partial charge in [0, 0.05) is 17.0 Å². The van der Waals surface area contributed by atoms with E-state index in [9.17, 15) is 12.8 Å². The molecule has 0 fully saturated rings. The van der Waals surface area contributed by atoms with Gasteiger partial charge in [-0.15, -0.1) is 11.3 Å². The van der Waals surface area contributed by atoms with Crippen LogP contribution in [0.25, 0.3) is 0 Å². The van der Waals surface area contributed by atoms with E-state index in [1.807, 2.05) is 17.5 Å². The Bertz CT molecular complexity index is 728. The molecule has 0 radical (unpaired) electrons. The van der Waals surface area contributed by atoms with Crippen LogP contribution >= 0.6 is 11.3 Å². The highest BCUT2D eigenvalue weighted by atomic mass is 32.2. The van der Waals surface area contributed by atoms with Crippen LogP contribution in [-0.2, 0) is 16.6 Å². The zero-order chi connectivity index (χ0) is 15.6. The number of halogens is 1. The van der Waals surface area contributed by atoms with Crippen molar-refractivity contribution in [2.75, 3.05) is 0 Å². The first kappa shape index (κ1) is 16.1. The summed E-state index contributed by atoms with van der Waals surface area (Å²) in [6.45, 7) is 3.25. The number of thiophene rings is 1. The largest absolute Gasteiger partial charge is 0.326 e. The van der Waals surface area contributed by atoms with Gasteiger partial charge in [0.05, 0.1) is 10.9 Å². The zero-order valence-corrected chi connectivity index (χ0v) is 13.4. The van der Waals surface area contributed by atoms with Crippen LogP contribution in [0.3, 0.4) is 0 Å². The van der Waals surface area contributed by atoms with E-state index in [0.29, 0.717) is 0 Å². The maximum absolute atomic E-state index is 13.8. The monoisotopic (exact) mass is 328 g/mol. The first-order chi connectivity index (χ1) is 9.85. The Kier molecular flexibility index (Phi) is 4.77. The summed E-state index contributed by atoms with van der Waals surface area (Å²) in [7, 11) is -3.72. The van der Waals surface area contributed by atoms with Gasteiger partial charge in [-0.05, 0) is 43.0 Å². The lowest BCUT2D eigenvalue weighted by Gasteiger charge is -2.14. The number of nitrogens with two attached hydrogens (primary N) is 1. The summed E-state index contributed by atoms with van der Waals surface area (Å²) in [5.74, 6) is -0.456. The number of hydrogen-bond acceptors (Lipinski definition) is 4. The van der Waals surface area contributed by atoms with E-state index in [4.69, 9.17) is 5.73 Å². The molecule has 3 N–H and O–H groups in total. The second-order valence-electron chi connectivity index (χ2n) is 4.78. The van der Waals surface area contributed by atoms with E-state index in [1.54, 1.807) is 6.92 Å². The molecule has 1 aromatic carbocycles. The Labute approximate surface area is 127 Å². The van der Waals surface area contributed by atoms with Gasteiger partial charge in [-0.2, -0.15) is 0 Å². The van der Waals surface area contributed by atoms with Crippen molar-refractivity contribution in [3.63, 3.8) is 0 Å². The maximum atomic E-state index is 13.8. The normalized spacial score (nSPS) is 13.3. The van der Waals surface area contributed by atoms with E-state index in [1.165, 1.54) is 30.4 Å². The highest BCUT2D eigenvalue weighted by molar-refractivity contribution is 7.89. The highest BCUT2D eigenvalue weighted by Crippen LogP contribution is 2.23. The van der Waals surface area contributed by atoms with Gasteiger partial charge in [-0.25, -0.2) is 17.5 Å². The number of rotatable bonds is 5. The van der Waals surface area contributed by atoms with Crippen molar-refractivity contribution in [1.29, 1.82) is 0 Å². The summed E-state index contributed by atoms with van der Waals surface area (Å²) in [4.78, 5) is 0.946. The van der Waals surface area contributed by atoms with Crippen molar-refractivity contribution in [2.24, 2.45) is 5.73 Å². The van der Waals surface area contributed by atoms with E-state index in [-0.39, 0.29) is 28.6 Å². The summed E-state index contributed by atoms with van der Waals surface area (Å²) >= 11 is 1.47. The summed E-state index contributed by atoms with van der Waals surface area (Å²) < 4.78 is 41.2. The minimum Gasteiger partial charge on any atom is -0.326 e. The minimum absolute atomic E-state index is 0.0326. The van der Waals surface area contributed by atoms with Crippen LogP contribution in [0.5, 0.6) is 0 Å². The molecule has 0 amide bonds. The molecule has 0 aliphatic heterocycles.